The second-order valence-corrected chi connectivity index (χ2v) is 5.94. The number of hydrogen-bond acceptors (Lipinski definition) is 3. The van der Waals surface area contributed by atoms with Crippen molar-refractivity contribution in [2.45, 2.75) is 26.8 Å². The summed E-state index contributed by atoms with van der Waals surface area (Å²) in [5, 5.41) is 14.2. The van der Waals surface area contributed by atoms with Crippen molar-refractivity contribution in [1.82, 2.24) is 5.32 Å². The Morgan fingerprint density at radius 1 is 1.14 bits per heavy atom. The number of benzene rings is 1. The predicted octanol–water partition coefficient (Wildman–Crippen LogP) is 3.55. The topological polar surface area (TPSA) is 66.4 Å². The van der Waals surface area contributed by atoms with E-state index < -0.39 is 5.97 Å². The summed E-state index contributed by atoms with van der Waals surface area (Å²) in [7, 11) is 0. The van der Waals surface area contributed by atoms with Gasteiger partial charge in [-0.2, -0.15) is 0 Å². The minimum absolute atomic E-state index is 0.0749. The average Bonchev–Trinajstić information content (AvgIpc) is 2.94. The molecule has 0 aliphatic carbocycles. The van der Waals surface area contributed by atoms with Gasteiger partial charge in [-0.1, -0.05) is 18.2 Å². The van der Waals surface area contributed by atoms with E-state index in [0.29, 0.717) is 11.1 Å². The molecule has 2 aromatic rings. The second kappa shape index (κ2) is 6.10. The van der Waals surface area contributed by atoms with Crippen molar-refractivity contribution in [3.05, 3.63) is 56.8 Å². The first-order valence-corrected chi connectivity index (χ1v) is 7.47. The van der Waals surface area contributed by atoms with Gasteiger partial charge in [0, 0.05) is 4.88 Å². The maximum Gasteiger partial charge on any atom is 0.336 e. The van der Waals surface area contributed by atoms with Gasteiger partial charge in [0.15, 0.2) is 0 Å². The zero-order valence-electron chi connectivity index (χ0n) is 12.1. The lowest BCUT2D eigenvalue weighted by Gasteiger charge is -2.16. The van der Waals surface area contributed by atoms with E-state index in [9.17, 15) is 14.7 Å². The molecule has 1 aromatic heterocycles. The quantitative estimate of drug-likeness (QED) is 0.907. The first kappa shape index (κ1) is 15.3. The third kappa shape index (κ3) is 3.13. The van der Waals surface area contributed by atoms with E-state index in [0.717, 1.165) is 4.88 Å². The van der Waals surface area contributed by atoms with Gasteiger partial charge in [0.05, 0.1) is 17.2 Å². The average molecular weight is 303 g/mol. The van der Waals surface area contributed by atoms with Crippen molar-refractivity contribution in [1.29, 1.82) is 0 Å². The molecule has 0 radical (unpaired) electrons. The predicted molar refractivity (Wildman–Crippen MR) is 83.1 cm³/mol. The fourth-order valence-corrected chi connectivity index (χ4v) is 2.99. The summed E-state index contributed by atoms with van der Waals surface area (Å²) in [6.45, 7) is 5.33. The van der Waals surface area contributed by atoms with Crippen molar-refractivity contribution < 1.29 is 14.7 Å². The summed E-state index contributed by atoms with van der Waals surface area (Å²) in [6, 6.07) is 7.20. The summed E-state index contributed by atoms with van der Waals surface area (Å²) in [5.41, 5.74) is 1.56. The summed E-state index contributed by atoms with van der Waals surface area (Å²) in [5.74, 6) is -1.43. The van der Waals surface area contributed by atoms with Crippen LogP contribution in [-0.4, -0.2) is 17.0 Å². The molecule has 2 rings (SSSR count). The number of hydrogen-bond donors (Lipinski definition) is 2. The van der Waals surface area contributed by atoms with Crippen LogP contribution in [0.2, 0.25) is 0 Å². The van der Waals surface area contributed by atoms with E-state index in [1.807, 2.05) is 24.4 Å². The zero-order chi connectivity index (χ0) is 15.6. The highest BCUT2D eigenvalue weighted by molar-refractivity contribution is 7.10. The van der Waals surface area contributed by atoms with Gasteiger partial charge in [0.25, 0.3) is 5.91 Å². The Kier molecular flexibility index (Phi) is 4.43. The largest absolute Gasteiger partial charge is 0.478 e. The summed E-state index contributed by atoms with van der Waals surface area (Å²) in [4.78, 5) is 24.9. The van der Waals surface area contributed by atoms with Gasteiger partial charge >= 0.3 is 5.97 Å². The van der Waals surface area contributed by atoms with Crippen molar-refractivity contribution in [2.75, 3.05) is 0 Å². The van der Waals surface area contributed by atoms with Crippen LogP contribution in [0.15, 0.2) is 29.6 Å². The van der Waals surface area contributed by atoms with E-state index in [2.05, 4.69) is 5.32 Å². The van der Waals surface area contributed by atoms with Crippen LogP contribution in [0.5, 0.6) is 0 Å². The Morgan fingerprint density at radius 3 is 2.29 bits per heavy atom. The van der Waals surface area contributed by atoms with Gasteiger partial charge in [-0.15, -0.1) is 11.3 Å². The van der Waals surface area contributed by atoms with Gasteiger partial charge in [0.2, 0.25) is 0 Å². The van der Waals surface area contributed by atoms with E-state index in [4.69, 9.17) is 0 Å². The molecule has 0 saturated carbocycles. The normalized spacial score (nSPS) is 12.0. The molecule has 5 heteroatoms. The number of thiophene rings is 1. The number of carbonyl (C=O) groups is 2. The highest BCUT2D eigenvalue weighted by Crippen LogP contribution is 2.22. The van der Waals surface area contributed by atoms with Gasteiger partial charge < -0.3 is 10.4 Å². The molecule has 2 N–H and O–H groups in total. The van der Waals surface area contributed by atoms with Gasteiger partial charge in [-0.25, -0.2) is 4.79 Å². The van der Waals surface area contributed by atoms with Crippen LogP contribution in [0.4, 0.5) is 0 Å². The monoisotopic (exact) mass is 303 g/mol. The van der Waals surface area contributed by atoms with Crippen molar-refractivity contribution in [2.24, 2.45) is 0 Å². The van der Waals surface area contributed by atoms with Gasteiger partial charge in [-0.3, -0.25) is 4.79 Å². The number of amides is 1. The van der Waals surface area contributed by atoms with Crippen LogP contribution in [0.3, 0.4) is 0 Å². The third-order valence-corrected chi connectivity index (χ3v) is 4.44. The summed E-state index contributed by atoms with van der Waals surface area (Å²) in [6.07, 6.45) is 0. The molecule has 0 saturated heterocycles. The standard InChI is InChI=1S/C16H17NO3S/c1-9-6-7-10(2)14(16(19)20)13(9)15(18)17-11(3)12-5-4-8-21-12/h4-8,11H,1-3H3,(H,17,18)(H,19,20)/t11-/m0/s1. The lowest BCUT2D eigenvalue weighted by atomic mass is 9.96. The molecule has 4 nitrogen and oxygen atoms in total. The van der Waals surface area contributed by atoms with Crippen LogP contribution in [0.1, 0.15) is 49.7 Å². The zero-order valence-corrected chi connectivity index (χ0v) is 13.0. The molecule has 0 aliphatic heterocycles. The maximum absolute atomic E-state index is 12.5. The number of aromatic carboxylic acids is 1. The van der Waals surface area contributed by atoms with E-state index in [1.54, 1.807) is 37.3 Å². The Hall–Kier alpha value is -2.14. The Labute approximate surface area is 127 Å². The smallest absolute Gasteiger partial charge is 0.336 e. The number of rotatable bonds is 4. The molecule has 0 aliphatic rings. The van der Waals surface area contributed by atoms with Gasteiger partial charge in [-0.05, 0) is 43.3 Å². The second-order valence-electron chi connectivity index (χ2n) is 4.97. The molecule has 0 unspecified atom stereocenters. The number of carboxylic acids is 1. The Bertz CT molecular complexity index is 677. The lowest BCUT2D eigenvalue weighted by molar-refractivity contribution is 0.0689. The molecule has 21 heavy (non-hydrogen) atoms. The number of carbonyl (C=O) groups excluding carboxylic acids is 1. The molecule has 1 amide bonds. The van der Waals surface area contributed by atoms with Crippen LogP contribution in [-0.2, 0) is 0 Å². The third-order valence-electron chi connectivity index (χ3n) is 3.38. The molecule has 1 heterocycles. The Morgan fingerprint density at radius 2 is 1.76 bits per heavy atom. The highest BCUT2D eigenvalue weighted by Gasteiger charge is 2.22. The van der Waals surface area contributed by atoms with E-state index in [1.165, 1.54) is 0 Å². The lowest BCUT2D eigenvalue weighted by Crippen LogP contribution is -2.29. The fraction of sp³-hybridized carbons (Fsp3) is 0.250. The van der Waals surface area contributed by atoms with Gasteiger partial charge in [0.1, 0.15) is 0 Å². The minimum Gasteiger partial charge on any atom is -0.478 e. The number of carboxylic acid groups (broad SMARTS) is 1. The summed E-state index contributed by atoms with van der Waals surface area (Å²) < 4.78 is 0. The van der Waals surface area contributed by atoms with E-state index in [-0.39, 0.29) is 23.1 Å². The molecule has 0 spiro atoms. The van der Waals surface area contributed by atoms with E-state index >= 15 is 0 Å². The molecule has 0 fully saturated rings. The molecule has 1 aromatic carbocycles. The van der Waals surface area contributed by atoms with Crippen molar-refractivity contribution in [3.8, 4) is 0 Å². The SMILES string of the molecule is Cc1ccc(C)c(C(=O)N[C@@H](C)c2cccs2)c1C(=O)O. The highest BCUT2D eigenvalue weighted by atomic mass is 32.1. The Balaban J connectivity index is 2.35. The van der Waals surface area contributed by atoms with Crippen molar-refractivity contribution in [3.63, 3.8) is 0 Å². The van der Waals surface area contributed by atoms with Crippen LogP contribution in [0.25, 0.3) is 0 Å². The minimum atomic E-state index is -1.08. The molecule has 1 atom stereocenters. The maximum atomic E-state index is 12.5. The van der Waals surface area contributed by atoms with Crippen LogP contribution >= 0.6 is 11.3 Å². The molecule has 110 valence electrons. The number of nitrogens with one attached hydrogen (secondary N) is 1. The fourth-order valence-electron chi connectivity index (χ4n) is 2.26. The molecular formula is C16H17NO3S. The van der Waals surface area contributed by atoms with Crippen molar-refractivity contribution >= 4 is 23.2 Å². The number of aryl methyl sites for hydroxylation is 2. The van der Waals surface area contributed by atoms with Crippen LogP contribution in [0, 0.1) is 13.8 Å². The first-order valence-electron chi connectivity index (χ1n) is 6.59. The molecular weight excluding hydrogens is 286 g/mol. The molecule has 0 bridgehead atoms. The summed E-state index contributed by atoms with van der Waals surface area (Å²) >= 11 is 1.56. The first-order chi connectivity index (χ1) is 9.91. The van der Waals surface area contributed by atoms with Crippen LogP contribution < -0.4 is 5.32 Å².